The predicted octanol–water partition coefficient (Wildman–Crippen LogP) is 4.71. The minimum absolute atomic E-state index is 0.335. The normalized spacial score (nSPS) is 12.5. The van der Waals surface area contributed by atoms with Crippen LogP contribution in [0, 0.1) is 13.8 Å². The molecule has 35 heavy (non-hydrogen) atoms. The highest BCUT2D eigenvalue weighted by Gasteiger charge is 2.29. The van der Waals surface area contributed by atoms with Gasteiger partial charge in [0, 0.05) is 17.0 Å². The second-order valence-corrected chi connectivity index (χ2v) is 10.5. The van der Waals surface area contributed by atoms with E-state index in [4.69, 9.17) is 27.9 Å². The van der Waals surface area contributed by atoms with Crippen molar-refractivity contribution in [1.29, 1.82) is 0 Å². The van der Waals surface area contributed by atoms with E-state index in [1.165, 1.54) is 20.2 Å². The fourth-order valence-electron chi connectivity index (χ4n) is 3.75. The summed E-state index contributed by atoms with van der Waals surface area (Å²) in [4.78, 5) is 12.8. The van der Waals surface area contributed by atoms with E-state index in [0.717, 1.165) is 33.2 Å². The van der Waals surface area contributed by atoms with Gasteiger partial charge in [0.15, 0.2) is 0 Å². The molecular weight excluding hydrogens is 511 g/mol. The molecule has 0 aliphatic carbocycles. The highest BCUT2D eigenvalue weighted by atomic mass is 35.5. The van der Waals surface area contributed by atoms with Crippen LogP contribution in [-0.4, -0.2) is 44.5 Å². The number of methoxy groups -OCH3 is 1. The van der Waals surface area contributed by atoms with Crippen molar-refractivity contribution in [3.8, 4) is 11.4 Å². The van der Waals surface area contributed by atoms with E-state index in [2.05, 4.69) is 10.5 Å². The van der Waals surface area contributed by atoms with Gasteiger partial charge in [0.05, 0.1) is 41.0 Å². The summed E-state index contributed by atoms with van der Waals surface area (Å²) in [6.45, 7) is 5.30. The summed E-state index contributed by atoms with van der Waals surface area (Å²) < 4.78 is 33.0. The van der Waals surface area contributed by atoms with E-state index in [0.29, 0.717) is 21.5 Å². The second-order valence-electron chi connectivity index (χ2n) is 7.90. The molecule has 0 bridgehead atoms. The number of hydrogen-bond acceptors (Lipinski definition) is 5. The van der Waals surface area contributed by atoms with Crippen molar-refractivity contribution >= 4 is 51.0 Å². The van der Waals surface area contributed by atoms with Crippen molar-refractivity contribution in [2.45, 2.75) is 26.8 Å². The largest absolute Gasteiger partial charge is 0.497 e. The number of aryl methyl sites for hydroxylation is 1. The summed E-state index contributed by atoms with van der Waals surface area (Å²) >= 11 is 12.6. The van der Waals surface area contributed by atoms with Crippen molar-refractivity contribution in [3.63, 3.8) is 0 Å². The number of nitrogens with one attached hydrogen (secondary N) is 1. The molecule has 1 aromatic heterocycles. The lowest BCUT2D eigenvalue weighted by molar-refractivity contribution is -0.121. The van der Waals surface area contributed by atoms with Crippen LogP contribution >= 0.6 is 23.2 Å². The maximum atomic E-state index is 12.8. The molecule has 1 heterocycles. The third kappa shape index (κ3) is 5.80. The third-order valence-corrected chi connectivity index (χ3v) is 7.49. The molecule has 1 N–H and O–H groups in total. The molecule has 0 saturated carbocycles. The van der Waals surface area contributed by atoms with Crippen LogP contribution in [-0.2, 0) is 14.8 Å². The van der Waals surface area contributed by atoms with Gasteiger partial charge < -0.3 is 9.30 Å². The van der Waals surface area contributed by atoms with Gasteiger partial charge in [-0.2, -0.15) is 5.10 Å². The summed E-state index contributed by atoms with van der Waals surface area (Å²) in [6.07, 6.45) is 2.54. The van der Waals surface area contributed by atoms with Crippen molar-refractivity contribution < 1.29 is 17.9 Å². The fourth-order valence-corrected chi connectivity index (χ4v) is 5.31. The molecule has 2 aromatic carbocycles. The number of benzene rings is 2. The molecule has 0 radical (unpaired) electrons. The first kappa shape index (κ1) is 26.6. The SMILES string of the molecule is COc1ccc(N(C(C)C(=O)N/N=C/c2cc(C)n(-c3cccc(Cl)c3Cl)c2C)S(C)(=O)=O)cc1. The summed E-state index contributed by atoms with van der Waals surface area (Å²) in [5.41, 5.74) is 5.99. The van der Waals surface area contributed by atoms with Gasteiger partial charge in [-0.1, -0.05) is 29.3 Å². The van der Waals surface area contributed by atoms with Crippen LogP contribution in [0.15, 0.2) is 53.6 Å². The molecule has 0 saturated heterocycles. The quantitative estimate of drug-likeness (QED) is 0.333. The number of sulfonamides is 1. The number of rotatable bonds is 8. The maximum absolute atomic E-state index is 12.8. The Morgan fingerprint density at radius 1 is 1.17 bits per heavy atom. The molecule has 0 spiro atoms. The van der Waals surface area contributed by atoms with E-state index in [9.17, 15) is 13.2 Å². The fraction of sp³-hybridized carbons (Fsp3) is 0.250. The van der Waals surface area contributed by atoms with Crippen molar-refractivity contribution in [2.24, 2.45) is 5.10 Å². The Morgan fingerprint density at radius 3 is 2.43 bits per heavy atom. The Hall–Kier alpha value is -3.01. The minimum Gasteiger partial charge on any atom is -0.497 e. The van der Waals surface area contributed by atoms with E-state index in [1.807, 2.05) is 36.6 Å². The van der Waals surface area contributed by atoms with Gasteiger partial charge in [-0.25, -0.2) is 13.8 Å². The number of amides is 1. The Balaban J connectivity index is 1.81. The summed E-state index contributed by atoms with van der Waals surface area (Å²) in [6, 6.07) is 12.6. The smallest absolute Gasteiger partial charge is 0.263 e. The van der Waals surface area contributed by atoms with E-state index >= 15 is 0 Å². The zero-order valence-electron chi connectivity index (χ0n) is 19.9. The molecule has 8 nitrogen and oxygen atoms in total. The van der Waals surface area contributed by atoms with Gasteiger partial charge in [0.2, 0.25) is 10.0 Å². The van der Waals surface area contributed by atoms with Crippen LogP contribution < -0.4 is 14.5 Å². The molecular formula is C24H26Cl2N4O4S. The number of anilines is 1. The predicted molar refractivity (Wildman–Crippen MR) is 141 cm³/mol. The number of nitrogens with zero attached hydrogens (tertiary/aromatic N) is 3. The third-order valence-electron chi connectivity index (χ3n) is 5.44. The Bertz CT molecular complexity index is 1370. The van der Waals surface area contributed by atoms with Gasteiger partial charge in [-0.05, 0) is 63.2 Å². The summed E-state index contributed by atoms with van der Waals surface area (Å²) in [5.74, 6) is -0.0187. The summed E-state index contributed by atoms with van der Waals surface area (Å²) in [7, 11) is -2.24. The molecule has 1 unspecified atom stereocenters. The Labute approximate surface area is 215 Å². The number of hydrazone groups is 1. The van der Waals surface area contributed by atoms with Crippen LogP contribution in [0.4, 0.5) is 5.69 Å². The van der Waals surface area contributed by atoms with Gasteiger partial charge in [-0.15, -0.1) is 0 Å². The highest BCUT2D eigenvalue weighted by Crippen LogP contribution is 2.31. The lowest BCUT2D eigenvalue weighted by Crippen LogP contribution is -2.46. The highest BCUT2D eigenvalue weighted by molar-refractivity contribution is 7.92. The maximum Gasteiger partial charge on any atom is 0.263 e. The first-order chi connectivity index (χ1) is 16.5. The molecule has 3 rings (SSSR count). The van der Waals surface area contributed by atoms with Crippen LogP contribution in [0.3, 0.4) is 0 Å². The van der Waals surface area contributed by atoms with E-state index < -0.39 is 22.0 Å². The van der Waals surface area contributed by atoms with Crippen LogP contribution in [0.2, 0.25) is 10.0 Å². The topological polar surface area (TPSA) is 93.0 Å². The van der Waals surface area contributed by atoms with Crippen molar-refractivity contribution in [2.75, 3.05) is 17.7 Å². The standard InChI is InChI=1S/C24H26Cl2N4O4S/c1-15-13-18(16(2)29(15)22-8-6-7-21(25)23(22)26)14-27-28-24(31)17(3)30(35(5,32)33)19-9-11-20(34-4)12-10-19/h6-14,17H,1-5H3,(H,28,31)/b27-14+. The van der Waals surface area contributed by atoms with Gasteiger partial charge in [-0.3, -0.25) is 9.10 Å². The number of hydrogen-bond donors (Lipinski definition) is 1. The van der Waals surface area contributed by atoms with Crippen molar-refractivity contribution in [1.82, 2.24) is 9.99 Å². The van der Waals surface area contributed by atoms with Crippen LogP contribution in [0.1, 0.15) is 23.9 Å². The zero-order valence-corrected chi connectivity index (χ0v) is 22.2. The average Bonchev–Trinajstić information content (AvgIpc) is 3.08. The molecule has 1 amide bonds. The van der Waals surface area contributed by atoms with Crippen LogP contribution in [0.5, 0.6) is 5.75 Å². The molecule has 1 atom stereocenters. The molecule has 0 aliphatic heterocycles. The number of halogens is 2. The number of aromatic nitrogens is 1. The van der Waals surface area contributed by atoms with Gasteiger partial charge in [0.25, 0.3) is 5.91 Å². The van der Waals surface area contributed by atoms with Crippen molar-refractivity contribution in [3.05, 3.63) is 75.5 Å². The molecule has 0 fully saturated rings. The zero-order chi connectivity index (χ0) is 25.9. The number of ether oxygens (including phenoxy) is 1. The molecule has 3 aromatic rings. The molecule has 11 heteroatoms. The van der Waals surface area contributed by atoms with Gasteiger partial charge in [0.1, 0.15) is 11.8 Å². The Kier molecular flexibility index (Phi) is 8.15. The molecule has 0 aliphatic rings. The first-order valence-corrected chi connectivity index (χ1v) is 13.2. The number of carbonyl (C=O) groups excluding carboxylic acids is 1. The average molecular weight is 537 g/mol. The van der Waals surface area contributed by atoms with E-state index in [-0.39, 0.29) is 0 Å². The van der Waals surface area contributed by atoms with Crippen LogP contribution in [0.25, 0.3) is 5.69 Å². The Morgan fingerprint density at radius 2 is 1.83 bits per heavy atom. The molecule has 186 valence electrons. The number of carbonyl (C=O) groups is 1. The van der Waals surface area contributed by atoms with E-state index in [1.54, 1.807) is 30.3 Å². The first-order valence-electron chi connectivity index (χ1n) is 10.6. The second kappa shape index (κ2) is 10.7. The summed E-state index contributed by atoms with van der Waals surface area (Å²) in [5, 5.41) is 4.93. The monoisotopic (exact) mass is 536 g/mol. The lowest BCUT2D eigenvalue weighted by atomic mass is 10.2. The lowest BCUT2D eigenvalue weighted by Gasteiger charge is -2.27. The van der Waals surface area contributed by atoms with Gasteiger partial charge >= 0.3 is 0 Å². The minimum atomic E-state index is -3.75.